The highest BCUT2D eigenvalue weighted by molar-refractivity contribution is 7.92. The summed E-state index contributed by atoms with van der Waals surface area (Å²) in [5, 5.41) is 0.721. The van der Waals surface area contributed by atoms with E-state index in [1.807, 2.05) is 36.0 Å². The van der Waals surface area contributed by atoms with E-state index in [0.29, 0.717) is 22.8 Å². The minimum Gasteiger partial charge on any atom is -0.441 e. The number of anilines is 1. The molecule has 0 spiro atoms. The zero-order valence-electron chi connectivity index (χ0n) is 16.3. The molecular weight excluding hydrogens is 400 g/mol. The van der Waals surface area contributed by atoms with Gasteiger partial charge in [-0.3, -0.25) is 4.72 Å². The highest BCUT2D eigenvalue weighted by atomic mass is 32.2. The van der Waals surface area contributed by atoms with Crippen LogP contribution in [0.4, 0.5) is 5.69 Å². The average Bonchev–Trinajstić information content (AvgIpc) is 3.27. The normalized spacial score (nSPS) is 11.9. The Morgan fingerprint density at radius 3 is 2.67 bits per heavy atom. The van der Waals surface area contributed by atoms with Crippen LogP contribution in [0.25, 0.3) is 33.3 Å². The van der Waals surface area contributed by atoms with Crippen LogP contribution >= 0.6 is 0 Å². The zero-order valence-corrected chi connectivity index (χ0v) is 17.1. The Hall–Kier alpha value is -3.65. The van der Waals surface area contributed by atoms with Crippen molar-refractivity contribution in [2.75, 3.05) is 4.72 Å². The van der Waals surface area contributed by atoms with Crippen LogP contribution < -0.4 is 4.72 Å². The number of nitrogens with one attached hydrogen (secondary N) is 1. The number of oxazole rings is 1. The first-order valence-corrected chi connectivity index (χ1v) is 10.8. The lowest BCUT2D eigenvalue weighted by atomic mass is 10.0. The first-order valence-electron chi connectivity index (χ1n) is 9.32. The van der Waals surface area contributed by atoms with Gasteiger partial charge in [-0.25, -0.2) is 18.4 Å². The van der Waals surface area contributed by atoms with Crippen LogP contribution in [0.3, 0.4) is 0 Å². The molecule has 0 atom stereocenters. The minimum absolute atomic E-state index is 0.201. The van der Waals surface area contributed by atoms with Crippen molar-refractivity contribution in [3.63, 3.8) is 0 Å². The van der Waals surface area contributed by atoms with Crippen LogP contribution in [0.2, 0.25) is 0 Å². The number of sulfonamides is 1. The number of hydrogen-bond acceptors (Lipinski definition) is 5. The number of aromatic nitrogens is 3. The molecule has 3 heterocycles. The van der Waals surface area contributed by atoms with E-state index < -0.39 is 10.0 Å². The molecule has 0 aliphatic carbocycles. The maximum atomic E-state index is 12.9. The van der Waals surface area contributed by atoms with E-state index in [1.165, 1.54) is 0 Å². The lowest BCUT2D eigenvalue weighted by Gasteiger charge is -2.10. The van der Waals surface area contributed by atoms with Crippen molar-refractivity contribution in [1.82, 2.24) is 14.5 Å². The lowest BCUT2D eigenvalue weighted by Crippen LogP contribution is -2.13. The van der Waals surface area contributed by atoms with Crippen LogP contribution in [0, 0.1) is 6.92 Å². The number of rotatable bonds is 4. The van der Waals surface area contributed by atoms with Crippen molar-refractivity contribution in [3.8, 4) is 11.1 Å². The van der Waals surface area contributed by atoms with Crippen molar-refractivity contribution in [1.29, 1.82) is 0 Å². The number of aryl methyl sites for hydroxylation is 2. The van der Waals surface area contributed by atoms with Gasteiger partial charge in [-0.15, -0.1) is 0 Å². The Bertz CT molecular complexity index is 1500. The van der Waals surface area contributed by atoms with E-state index in [1.54, 1.807) is 49.5 Å². The van der Waals surface area contributed by atoms with Crippen LogP contribution in [-0.2, 0) is 17.1 Å². The molecule has 0 aliphatic heterocycles. The second kappa shape index (κ2) is 6.70. The molecule has 7 nitrogen and oxygen atoms in total. The van der Waals surface area contributed by atoms with Crippen molar-refractivity contribution < 1.29 is 12.8 Å². The third kappa shape index (κ3) is 3.02. The van der Waals surface area contributed by atoms with Gasteiger partial charge in [0, 0.05) is 31.9 Å². The second-order valence-corrected chi connectivity index (χ2v) is 8.73. The quantitative estimate of drug-likeness (QED) is 0.464. The summed E-state index contributed by atoms with van der Waals surface area (Å²) < 4.78 is 36.0. The molecule has 5 rings (SSSR count). The molecule has 8 heteroatoms. The molecule has 0 unspecified atom stereocenters. The molecule has 150 valence electrons. The average molecular weight is 418 g/mol. The van der Waals surface area contributed by atoms with E-state index >= 15 is 0 Å². The van der Waals surface area contributed by atoms with Gasteiger partial charge in [0.2, 0.25) is 0 Å². The second-order valence-electron chi connectivity index (χ2n) is 7.04. The summed E-state index contributed by atoms with van der Waals surface area (Å²) in [5.41, 5.74) is 4.35. The summed E-state index contributed by atoms with van der Waals surface area (Å²) >= 11 is 0. The van der Waals surface area contributed by atoms with Gasteiger partial charge in [-0.2, -0.15) is 0 Å². The molecule has 0 radical (unpaired) electrons. The molecule has 0 bridgehead atoms. The molecule has 3 aromatic heterocycles. The molecule has 0 aliphatic rings. The third-order valence-electron chi connectivity index (χ3n) is 4.96. The number of pyridine rings is 1. The molecule has 5 aromatic rings. The first-order chi connectivity index (χ1) is 14.4. The molecule has 0 saturated carbocycles. The van der Waals surface area contributed by atoms with E-state index in [0.717, 1.165) is 22.0 Å². The topological polar surface area (TPSA) is 90.0 Å². The number of benzene rings is 2. The predicted octanol–water partition coefficient (Wildman–Crippen LogP) is 4.49. The summed E-state index contributed by atoms with van der Waals surface area (Å²) in [6, 6.07) is 15.7. The minimum atomic E-state index is -3.74. The molecule has 1 N–H and O–H groups in total. The maximum Gasteiger partial charge on any atom is 0.261 e. The Balaban J connectivity index is 1.69. The van der Waals surface area contributed by atoms with Crippen LogP contribution in [0.5, 0.6) is 0 Å². The lowest BCUT2D eigenvalue weighted by molar-refractivity contribution is 0.561. The van der Waals surface area contributed by atoms with E-state index in [4.69, 9.17) is 4.42 Å². The summed E-state index contributed by atoms with van der Waals surface area (Å²) in [6.45, 7) is 1.80. The smallest absolute Gasteiger partial charge is 0.261 e. The van der Waals surface area contributed by atoms with Crippen molar-refractivity contribution >= 4 is 37.8 Å². The highest BCUT2D eigenvalue weighted by Gasteiger charge is 2.20. The van der Waals surface area contributed by atoms with Gasteiger partial charge in [-0.05, 0) is 35.9 Å². The number of hydrogen-bond donors (Lipinski definition) is 1. The van der Waals surface area contributed by atoms with Crippen molar-refractivity contribution in [2.24, 2.45) is 7.05 Å². The summed E-state index contributed by atoms with van der Waals surface area (Å²) in [6.07, 6.45) is 3.53. The van der Waals surface area contributed by atoms with Gasteiger partial charge in [0.15, 0.2) is 11.5 Å². The fourth-order valence-electron chi connectivity index (χ4n) is 3.62. The van der Waals surface area contributed by atoms with E-state index in [2.05, 4.69) is 14.7 Å². The number of fused-ring (bicyclic) bond motifs is 2. The SMILES string of the molecule is Cc1nc2cc(-c3cn(C)c4nccc(NS(=O)(=O)c5ccccc5)c34)ccc2o1. The van der Waals surface area contributed by atoms with Crippen LogP contribution in [0.15, 0.2) is 76.3 Å². The van der Waals surface area contributed by atoms with Gasteiger partial charge in [0.25, 0.3) is 10.0 Å². The Kier molecular flexibility index (Phi) is 4.11. The molecule has 0 fully saturated rings. The fraction of sp³-hybridized carbons (Fsp3) is 0.0909. The van der Waals surface area contributed by atoms with Gasteiger partial charge in [0.05, 0.1) is 16.0 Å². The zero-order chi connectivity index (χ0) is 20.9. The Labute approximate surface area is 173 Å². The number of nitrogens with zero attached hydrogens (tertiary/aromatic N) is 3. The monoisotopic (exact) mass is 418 g/mol. The summed E-state index contributed by atoms with van der Waals surface area (Å²) in [4.78, 5) is 9.06. The summed E-state index contributed by atoms with van der Waals surface area (Å²) in [7, 11) is -1.86. The summed E-state index contributed by atoms with van der Waals surface area (Å²) in [5.74, 6) is 0.595. The Morgan fingerprint density at radius 1 is 1.07 bits per heavy atom. The standard InChI is InChI=1S/C22H18N4O3S/c1-14-24-19-12-15(8-9-20(19)29-14)17-13-26(2)22-21(17)18(10-11-23-22)25-30(27,28)16-6-4-3-5-7-16/h3-13H,1-2H3,(H,23,25). The first kappa shape index (κ1) is 18.4. The highest BCUT2D eigenvalue weighted by Crippen LogP contribution is 2.36. The van der Waals surface area contributed by atoms with Gasteiger partial charge in [0.1, 0.15) is 11.2 Å². The van der Waals surface area contributed by atoms with E-state index in [-0.39, 0.29) is 4.90 Å². The van der Waals surface area contributed by atoms with Gasteiger partial charge >= 0.3 is 0 Å². The third-order valence-corrected chi connectivity index (χ3v) is 6.34. The molecule has 0 amide bonds. The Morgan fingerprint density at radius 2 is 1.87 bits per heavy atom. The van der Waals surface area contributed by atoms with Crippen molar-refractivity contribution in [2.45, 2.75) is 11.8 Å². The van der Waals surface area contributed by atoms with Gasteiger partial charge < -0.3 is 8.98 Å². The van der Waals surface area contributed by atoms with Crippen molar-refractivity contribution in [3.05, 3.63) is 72.9 Å². The van der Waals surface area contributed by atoms with Crippen LogP contribution in [0.1, 0.15) is 5.89 Å². The molecule has 30 heavy (non-hydrogen) atoms. The fourth-order valence-corrected chi connectivity index (χ4v) is 4.71. The largest absolute Gasteiger partial charge is 0.441 e. The molecule has 2 aromatic carbocycles. The van der Waals surface area contributed by atoms with Gasteiger partial charge in [-0.1, -0.05) is 24.3 Å². The predicted molar refractivity (Wildman–Crippen MR) is 116 cm³/mol. The van der Waals surface area contributed by atoms with Crippen LogP contribution in [-0.4, -0.2) is 23.0 Å². The molecular formula is C22H18N4O3S. The van der Waals surface area contributed by atoms with E-state index in [9.17, 15) is 8.42 Å². The molecule has 0 saturated heterocycles. The maximum absolute atomic E-state index is 12.9.